The summed E-state index contributed by atoms with van der Waals surface area (Å²) in [6.45, 7) is 0. The van der Waals surface area contributed by atoms with Gasteiger partial charge >= 0.3 is 12.1 Å². The number of anilines is 1. The first-order chi connectivity index (χ1) is 12.4. The zero-order valence-electron chi connectivity index (χ0n) is 13.3. The lowest BCUT2D eigenvalue weighted by molar-refractivity contribution is -0.140. The van der Waals surface area contributed by atoms with Crippen molar-refractivity contribution in [3.05, 3.63) is 72.1 Å². The summed E-state index contributed by atoms with van der Waals surface area (Å²) in [7, 11) is 0. The average Bonchev–Trinajstić information content (AvgIpc) is 3.12. The number of carbonyl (C=O) groups excluding carboxylic acids is 1. The van der Waals surface area contributed by atoms with Gasteiger partial charge in [0.05, 0.1) is 6.20 Å². The third-order valence-electron chi connectivity index (χ3n) is 3.37. The van der Waals surface area contributed by atoms with E-state index in [1.807, 2.05) is 18.2 Å². The van der Waals surface area contributed by atoms with Crippen LogP contribution < -0.4 is 5.32 Å². The highest BCUT2D eigenvalue weighted by Crippen LogP contribution is 2.29. The van der Waals surface area contributed by atoms with Crippen molar-refractivity contribution in [3.8, 4) is 23.2 Å². The molecule has 1 heterocycles. The fourth-order valence-corrected chi connectivity index (χ4v) is 2.17. The number of alkyl halides is 3. The molecule has 0 aliphatic carbocycles. The summed E-state index contributed by atoms with van der Waals surface area (Å²) in [5.74, 6) is 4.72. The normalized spacial score (nSPS) is 10.7. The zero-order valence-corrected chi connectivity index (χ0v) is 13.3. The van der Waals surface area contributed by atoms with Gasteiger partial charge in [0.2, 0.25) is 0 Å². The summed E-state index contributed by atoms with van der Waals surface area (Å²) < 4.78 is 37.9. The van der Waals surface area contributed by atoms with E-state index in [0.29, 0.717) is 16.8 Å². The van der Waals surface area contributed by atoms with Crippen molar-refractivity contribution in [1.29, 1.82) is 0 Å². The molecule has 0 aliphatic heterocycles. The summed E-state index contributed by atoms with van der Waals surface area (Å²) in [5, 5.41) is 2.58. The molecule has 26 heavy (non-hydrogen) atoms. The number of imidazole rings is 1. The Morgan fingerprint density at radius 1 is 1.08 bits per heavy atom. The van der Waals surface area contributed by atoms with Gasteiger partial charge in [-0.2, -0.15) is 13.2 Å². The summed E-state index contributed by atoms with van der Waals surface area (Å²) >= 11 is 0. The second-order valence-electron chi connectivity index (χ2n) is 5.29. The van der Waals surface area contributed by atoms with Gasteiger partial charge in [0.25, 0.3) is 0 Å². The van der Waals surface area contributed by atoms with E-state index in [9.17, 15) is 18.0 Å². The van der Waals surface area contributed by atoms with Crippen LogP contribution in [-0.2, 0) is 11.0 Å². The Kier molecular flexibility index (Phi) is 4.76. The van der Waals surface area contributed by atoms with Crippen LogP contribution in [0.5, 0.6) is 0 Å². The first kappa shape index (κ1) is 17.3. The standard InChI is InChI=1S/C19H12F3N3O/c20-19(21,22)16-12-23-18(25-16)14-7-4-8-15(11-14)24-17(26)10-9-13-5-2-1-3-6-13/h1-8,11-12H,(H,23,25)(H,24,26). The largest absolute Gasteiger partial charge is 0.432 e. The maximum Gasteiger partial charge on any atom is 0.432 e. The molecular weight excluding hydrogens is 343 g/mol. The number of carbonyl (C=O) groups is 1. The smallest absolute Gasteiger partial charge is 0.334 e. The molecule has 1 amide bonds. The number of nitrogens with one attached hydrogen (secondary N) is 2. The predicted octanol–water partition coefficient (Wildman–Crippen LogP) is 4.09. The van der Waals surface area contributed by atoms with E-state index in [1.54, 1.807) is 30.3 Å². The Labute approximate surface area is 147 Å². The number of amides is 1. The van der Waals surface area contributed by atoms with E-state index >= 15 is 0 Å². The molecule has 3 rings (SSSR count). The highest BCUT2D eigenvalue weighted by molar-refractivity contribution is 6.04. The fraction of sp³-hybridized carbons (Fsp3) is 0.0526. The van der Waals surface area contributed by atoms with Gasteiger partial charge in [-0.05, 0) is 24.3 Å². The van der Waals surface area contributed by atoms with Crippen molar-refractivity contribution >= 4 is 11.6 Å². The SMILES string of the molecule is O=C(C#Cc1ccccc1)Nc1cccc(-c2ncc(C(F)(F)F)[nH]2)c1. The minimum atomic E-state index is -4.50. The van der Waals surface area contributed by atoms with Crippen LogP contribution in [0, 0.1) is 11.8 Å². The van der Waals surface area contributed by atoms with Crippen LogP contribution in [0.1, 0.15) is 11.3 Å². The van der Waals surface area contributed by atoms with Crippen LogP contribution >= 0.6 is 0 Å². The first-order valence-electron chi connectivity index (χ1n) is 7.52. The molecule has 2 aromatic carbocycles. The van der Waals surface area contributed by atoms with Crippen LogP contribution in [0.4, 0.5) is 18.9 Å². The Bertz CT molecular complexity index is 982. The maximum atomic E-state index is 12.6. The topological polar surface area (TPSA) is 57.8 Å². The number of rotatable bonds is 2. The molecule has 0 radical (unpaired) electrons. The molecule has 0 unspecified atom stereocenters. The Balaban J connectivity index is 1.75. The third-order valence-corrected chi connectivity index (χ3v) is 3.37. The highest BCUT2D eigenvalue weighted by Gasteiger charge is 2.33. The number of H-pyrrole nitrogens is 1. The molecule has 3 aromatic rings. The van der Waals surface area contributed by atoms with Gasteiger partial charge in [-0.15, -0.1) is 0 Å². The van der Waals surface area contributed by atoms with E-state index in [2.05, 4.69) is 27.1 Å². The molecule has 130 valence electrons. The lowest BCUT2D eigenvalue weighted by atomic mass is 10.2. The van der Waals surface area contributed by atoms with Gasteiger partial charge in [-0.25, -0.2) is 4.98 Å². The van der Waals surface area contributed by atoms with Crippen LogP contribution in [-0.4, -0.2) is 15.9 Å². The van der Waals surface area contributed by atoms with E-state index < -0.39 is 17.8 Å². The molecule has 0 bridgehead atoms. The van der Waals surface area contributed by atoms with Crippen molar-refractivity contribution in [3.63, 3.8) is 0 Å². The molecule has 0 spiro atoms. The van der Waals surface area contributed by atoms with Gasteiger partial charge in [-0.1, -0.05) is 36.3 Å². The predicted molar refractivity (Wildman–Crippen MR) is 91.0 cm³/mol. The lowest BCUT2D eigenvalue weighted by Crippen LogP contribution is -2.08. The first-order valence-corrected chi connectivity index (χ1v) is 7.52. The van der Waals surface area contributed by atoms with Crippen molar-refractivity contribution < 1.29 is 18.0 Å². The Morgan fingerprint density at radius 3 is 2.54 bits per heavy atom. The monoisotopic (exact) mass is 355 g/mol. The molecule has 1 aromatic heterocycles. The van der Waals surface area contributed by atoms with Crippen molar-refractivity contribution in [1.82, 2.24) is 9.97 Å². The summed E-state index contributed by atoms with van der Waals surface area (Å²) in [5.41, 5.74) is 0.580. The molecule has 0 saturated heterocycles. The minimum absolute atomic E-state index is 0.0591. The van der Waals surface area contributed by atoms with Crippen LogP contribution in [0.25, 0.3) is 11.4 Å². The Morgan fingerprint density at radius 2 is 1.85 bits per heavy atom. The van der Waals surface area contributed by atoms with E-state index in [-0.39, 0.29) is 5.82 Å². The number of hydrogen-bond donors (Lipinski definition) is 2. The van der Waals surface area contributed by atoms with Crippen LogP contribution in [0.2, 0.25) is 0 Å². The molecule has 7 heteroatoms. The van der Waals surface area contributed by atoms with E-state index in [1.165, 1.54) is 6.07 Å². The number of aromatic amines is 1. The van der Waals surface area contributed by atoms with E-state index in [0.717, 1.165) is 6.20 Å². The summed E-state index contributed by atoms with van der Waals surface area (Å²) in [4.78, 5) is 17.9. The van der Waals surface area contributed by atoms with Gasteiger partial charge in [0, 0.05) is 22.7 Å². The minimum Gasteiger partial charge on any atom is -0.334 e. The van der Waals surface area contributed by atoms with Gasteiger partial charge in [0.15, 0.2) is 0 Å². The van der Waals surface area contributed by atoms with Crippen molar-refractivity contribution in [2.45, 2.75) is 6.18 Å². The molecule has 2 N–H and O–H groups in total. The molecule has 0 saturated carbocycles. The molecular formula is C19H12F3N3O. The fourth-order valence-electron chi connectivity index (χ4n) is 2.17. The zero-order chi connectivity index (χ0) is 18.6. The van der Waals surface area contributed by atoms with Crippen molar-refractivity contribution in [2.24, 2.45) is 0 Å². The third kappa shape index (κ3) is 4.30. The van der Waals surface area contributed by atoms with Gasteiger partial charge in [-0.3, -0.25) is 4.79 Å². The number of nitrogens with zero attached hydrogens (tertiary/aromatic N) is 1. The second kappa shape index (κ2) is 7.15. The molecule has 0 atom stereocenters. The van der Waals surface area contributed by atoms with E-state index in [4.69, 9.17) is 0 Å². The van der Waals surface area contributed by atoms with Gasteiger partial charge in [0.1, 0.15) is 11.5 Å². The van der Waals surface area contributed by atoms with Crippen LogP contribution in [0.3, 0.4) is 0 Å². The Hall–Kier alpha value is -3.53. The number of hydrogen-bond acceptors (Lipinski definition) is 2. The average molecular weight is 355 g/mol. The second-order valence-corrected chi connectivity index (χ2v) is 5.29. The molecule has 0 fully saturated rings. The highest BCUT2D eigenvalue weighted by atomic mass is 19.4. The molecule has 4 nitrogen and oxygen atoms in total. The van der Waals surface area contributed by atoms with Gasteiger partial charge < -0.3 is 10.3 Å². The lowest BCUT2D eigenvalue weighted by Gasteiger charge is -2.04. The molecule has 0 aliphatic rings. The summed E-state index contributed by atoms with van der Waals surface area (Å²) in [6, 6.07) is 15.3. The van der Waals surface area contributed by atoms with Crippen LogP contribution in [0.15, 0.2) is 60.8 Å². The summed E-state index contributed by atoms with van der Waals surface area (Å²) in [6.07, 6.45) is -3.77. The number of halogens is 3. The van der Waals surface area contributed by atoms with Crippen molar-refractivity contribution in [2.75, 3.05) is 5.32 Å². The number of benzene rings is 2. The maximum absolute atomic E-state index is 12.6. The number of aromatic nitrogens is 2. The quantitative estimate of drug-likeness (QED) is 0.681.